The Kier molecular flexibility index (Phi) is 8.51. The molecule has 2 aromatic heterocycles. The maximum atomic E-state index is 16.1. The predicted molar refractivity (Wildman–Crippen MR) is 157 cm³/mol. The SMILES string of the molecule is CC(C)(C)OC(=O)N1CCOCC1c1nc(-c2cccc(NS(=O)(=O)c3cc(F)ccc3F)c2F)c(-c2ccnc(N)n2)s1. The van der Waals surface area contributed by atoms with E-state index in [9.17, 15) is 22.0 Å². The number of benzene rings is 2. The molecule has 1 atom stereocenters. The molecule has 232 valence electrons. The lowest BCUT2D eigenvalue weighted by molar-refractivity contribution is -0.0331. The molecule has 1 amide bonds. The van der Waals surface area contributed by atoms with Crippen LogP contribution in [0.2, 0.25) is 0 Å². The highest BCUT2D eigenvalue weighted by molar-refractivity contribution is 7.92. The second kappa shape index (κ2) is 12.0. The number of amides is 1. The number of rotatable bonds is 6. The molecule has 3 N–H and O–H groups in total. The van der Waals surface area contributed by atoms with Crippen LogP contribution in [-0.4, -0.2) is 59.7 Å². The Morgan fingerprint density at radius 1 is 1.16 bits per heavy atom. The third kappa shape index (κ3) is 6.61. The summed E-state index contributed by atoms with van der Waals surface area (Å²) in [5.74, 6) is -3.31. The standard InChI is InChI=1S/C28H27F3N6O5S2/c1-28(2,3)42-27(38)37-11-12-41-14-20(37)25-35-23(24(43-25)19-9-10-33-26(32)34-19)16-5-4-6-18(22(16)31)36-44(39,40)21-13-15(29)7-8-17(21)30/h4-10,13,20,36H,11-12,14H2,1-3H3,(H2,32,33,34). The number of thiazole rings is 1. The molecule has 0 spiro atoms. The fourth-order valence-corrected chi connectivity index (χ4v) is 6.66. The van der Waals surface area contributed by atoms with Crippen LogP contribution in [0.5, 0.6) is 0 Å². The van der Waals surface area contributed by atoms with Crippen molar-refractivity contribution in [2.45, 2.75) is 37.3 Å². The molecule has 1 aliphatic heterocycles. The van der Waals surface area contributed by atoms with E-state index < -0.39 is 55.8 Å². The number of nitrogens with one attached hydrogen (secondary N) is 1. The van der Waals surface area contributed by atoms with Gasteiger partial charge in [-0.3, -0.25) is 9.62 Å². The van der Waals surface area contributed by atoms with E-state index in [2.05, 4.69) is 15.0 Å². The van der Waals surface area contributed by atoms with Gasteiger partial charge in [-0.05, 0) is 57.2 Å². The van der Waals surface area contributed by atoms with Crippen molar-refractivity contribution in [1.82, 2.24) is 19.9 Å². The minimum absolute atomic E-state index is 0.0566. The number of hydrogen-bond donors (Lipinski definition) is 2. The molecule has 44 heavy (non-hydrogen) atoms. The molecule has 2 aromatic carbocycles. The average Bonchev–Trinajstić information content (AvgIpc) is 3.39. The first-order valence-corrected chi connectivity index (χ1v) is 15.5. The van der Waals surface area contributed by atoms with Gasteiger partial charge >= 0.3 is 6.09 Å². The maximum Gasteiger partial charge on any atom is 0.411 e. The zero-order valence-electron chi connectivity index (χ0n) is 23.7. The molecule has 1 fully saturated rings. The van der Waals surface area contributed by atoms with Gasteiger partial charge < -0.3 is 15.2 Å². The fourth-order valence-electron chi connectivity index (χ4n) is 4.36. The molecule has 1 saturated heterocycles. The Hall–Kier alpha value is -4.28. The Labute approximate surface area is 254 Å². The van der Waals surface area contributed by atoms with Gasteiger partial charge in [0.25, 0.3) is 10.0 Å². The van der Waals surface area contributed by atoms with E-state index in [1.54, 1.807) is 20.8 Å². The van der Waals surface area contributed by atoms with Crippen molar-refractivity contribution in [2.24, 2.45) is 0 Å². The summed E-state index contributed by atoms with van der Waals surface area (Å²) in [5, 5.41) is 0.366. The number of carbonyl (C=O) groups is 1. The quantitative estimate of drug-likeness (QED) is 0.281. The van der Waals surface area contributed by atoms with Crippen LogP contribution in [0.4, 0.5) is 29.6 Å². The number of sulfonamides is 1. The van der Waals surface area contributed by atoms with Crippen LogP contribution in [0, 0.1) is 17.5 Å². The van der Waals surface area contributed by atoms with Crippen LogP contribution in [0.1, 0.15) is 31.8 Å². The van der Waals surface area contributed by atoms with Crippen molar-refractivity contribution in [2.75, 3.05) is 30.2 Å². The summed E-state index contributed by atoms with van der Waals surface area (Å²) in [6, 6.07) is 6.61. The van der Waals surface area contributed by atoms with Gasteiger partial charge in [-0.25, -0.2) is 41.3 Å². The van der Waals surface area contributed by atoms with Crippen molar-refractivity contribution in [3.8, 4) is 21.8 Å². The highest BCUT2D eigenvalue weighted by atomic mass is 32.2. The second-order valence-electron chi connectivity index (χ2n) is 10.6. The first kappa shape index (κ1) is 31.2. The highest BCUT2D eigenvalue weighted by Gasteiger charge is 2.35. The van der Waals surface area contributed by atoms with Crippen LogP contribution in [0.15, 0.2) is 53.6 Å². The number of nitrogens with two attached hydrogens (primary N) is 1. The van der Waals surface area contributed by atoms with Gasteiger partial charge in [-0.1, -0.05) is 6.07 Å². The van der Waals surface area contributed by atoms with Crippen LogP contribution in [-0.2, 0) is 19.5 Å². The number of ether oxygens (including phenoxy) is 2. The molecule has 16 heteroatoms. The number of morpholine rings is 1. The minimum atomic E-state index is -4.73. The first-order valence-electron chi connectivity index (χ1n) is 13.2. The zero-order valence-corrected chi connectivity index (χ0v) is 25.3. The largest absolute Gasteiger partial charge is 0.444 e. The Morgan fingerprint density at radius 3 is 2.66 bits per heavy atom. The van der Waals surface area contributed by atoms with E-state index in [1.165, 1.54) is 29.3 Å². The lowest BCUT2D eigenvalue weighted by Gasteiger charge is -2.35. The lowest BCUT2D eigenvalue weighted by Crippen LogP contribution is -2.45. The van der Waals surface area contributed by atoms with Crippen LogP contribution >= 0.6 is 11.3 Å². The van der Waals surface area contributed by atoms with E-state index in [1.807, 2.05) is 4.72 Å². The molecule has 4 aromatic rings. The monoisotopic (exact) mass is 648 g/mol. The molecule has 0 aliphatic carbocycles. The molecule has 1 aliphatic rings. The first-order chi connectivity index (χ1) is 20.7. The number of carbonyl (C=O) groups excluding carboxylic acids is 1. The minimum Gasteiger partial charge on any atom is -0.444 e. The van der Waals surface area contributed by atoms with Gasteiger partial charge in [0.2, 0.25) is 5.95 Å². The summed E-state index contributed by atoms with van der Waals surface area (Å²) in [5.41, 5.74) is 4.74. The van der Waals surface area contributed by atoms with Crippen molar-refractivity contribution < 1.29 is 35.9 Å². The summed E-state index contributed by atoms with van der Waals surface area (Å²) in [6.07, 6.45) is 0.828. The number of nitrogen functional groups attached to an aromatic ring is 1. The highest BCUT2D eigenvalue weighted by Crippen LogP contribution is 2.42. The van der Waals surface area contributed by atoms with Crippen molar-refractivity contribution in [3.05, 3.63) is 71.1 Å². The van der Waals surface area contributed by atoms with Crippen molar-refractivity contribution in [1.29, 1.82) is 0 Å². The third-order valence-electron chi connectivity index (χ3n) is 6.27. The van der Waals surface area contributed by atoms with Gasteiger partial charge in [0.1, 0.15) is 33.2 Å². The molecule has 0 bridgehead atoms. The van der Waals surface area contributed by atoms with Crippen LogP contribution in [0.3, 0.4) is 0 Å². The van der Waals surface area contributed by atoms with Gasteiger partial charge in [-0.2, -0.15) is 0 Å². The average molecular weight is 649 g/mol. The molecular weight excluding hydrogens is 621 g/mol. The fraction of sp³-hybridized carbons (Fsp3) is 0.286. The second-order valence-corrected chi connectivity index (χ2v) is 13.3. The Balaban J connectivity index is 1.60. The number of aromatic nitrogens is 3. The summed E-state index contributed by atoms with van der Waals surface area (Å²) in [7, 11) is -4.73. The predicted octanol–water partition coefficient (Wildman–Crippen LogP) is 5.38. The zero-order chi connectivity index (χ0) is 31.8. The van der Waals surface area contributed by atoms with Gasteiger partial charge in [0.15, 0.2) is 5.82 Å². The van der Waals surface area contributed by atoms with E-state index in [4.69, 9.17) is 15.2 Å². The number of anilines is 2. The molecule has 11 nitrogen and oxygen atoms in total. The molecule has 5 rings (SSSR count). The Bertz CT molecular complexity index is 1830. The van der Waals surface area contributed by atoms with Crippen molar-refractivity contribution >= 4 is 39.1 Å². The van der Waals surface area contributed by atoms with E-state index in [0.29, 0.717) is 27.7 Å². The van der Waals surface area contributed by atoms with Crippen LogP contribution in [0.25, 0.3) is 21.8 Å². The smallest absolute Gasteiger partial charge is 0.411 e. The lowest BCUT2D eigenvalue weighted by atomic mass is 10.1. The molecular formula is C28H27F3N6O5S2. The molecule has 0 radical (unpaired) electrons. The van der Waals surface area contributed by atoms with Gasteiger partial charge in [0.05, 0.1) is 35.2 Å². The topological polar surface area (TPSA) is 150 Å². The van der Waals surface area contributed by atoms with Crippen LogP contribution < -0.4 is 10.5 Å². The number of hydrogen-bond acceptors (Lipinski definition) is 10. The summed E-state index contributed by atoms with van der Waals surface area (Å²) < 4.78 is 83.2. The number of halogens is 3. The molecule has 1 unspecified atom stereocenters. The normalized spacial score (nSPS) is 15.7. The van der Waals surface area contributed by atoms with Crippen molar-refractivity contribution in [3.63, 3.8) is 0 Å². The van der Waals surface area contributed by atoms with Gasteiger partial charge in [-0.15, -0.1) is 11.3 Å². The summed E-state index contributed by atoms with van der Waals surface area (Å²) in [6.45, 7) is 5.79. The number of nitrogens with zero attached hydrogens (tertiary/aromatic N) is 4. The Morgan fingerprint density at radius 2 is 1.93 bits per heavy atom. The van der Waals surface area contributed by atoms with E-state index >= 15 is 4.39 Å². The molecule has 0 saturated carbocycles. The summed E-state index contributed by atoms with van der Waals surface area (Å²) >= 11 is 1.11. The third-order valence-corrected chi connectivity index (χ3v) is 8.83. The summed E-state index contributed by atoms with van der Waals surface area (Å²) in [4.78, 5) is 26.7. The maximum absolute atomic E-state index is 16.1. The van der Waals surface area contributed by atoms with Gasteiger partial charge in [0, 0.05) is 18.3 Å². The van der Waals surface area contributed by atoms with E-state index in [-0.39, 0.29) is 37.0 Å². The molecule has 3 heterocycles. The van der Waals surface area contributed by atoms with E-state index in [0.717, 1.165) is 23.5 Å².